The van der Waals surface area contributed by atoms with Gasteiger partial charge in [-0.05, 0) is 43.5 Å². The summed E-state index contributed by atoms with van der Waals surface area (Å²) >= 11 is 1.16. The van der Waals surface area contributed by atoms with Crippen LogP contribution >= 0.6 is 11.8 Å². The number of hydrogen-bond donors (Lipinski definition) is 2. The first-order valence-electron chi connectivity index (χ1n) is 9.64. The topological polar surface area (TPSA) is 132 Å². The summed E-state index contributed by atoms with van der Waals surface area (Å²) in [6.45, 7) is 5.87. The summed E-state index contributed by atoms with van der Waals surface area (Å²) in [6.07, 6.45) is 0. The van der Waals surface area contributed by atoms with E-state index in [1.54, 1.807) is 6.92 Å². The zero-order chi connectivity index (χ0) is 23.3. The SMILES string of the molecule is COc1cc(NC(=O)CSc2n[nH]c(COc3cc(C)ccc3C)n2)c(C)cc1[N+](=O)[O-]. The van der Waals surface area contributed by atoms with E-state index in [2.05, 4.69) is 20.5 Å². The molecule has 0 aliphatic rings. The van der Waals surface area contributed by atoms with E-state index in [0.717, 1.165) is 28.6 Å². The van der Waals surface area contributed by atoms with Crippen LogP contribution in [0.3, 0.4) is 0 Å². The molecule has 0 spiro atoms. The number of carbonyl (C=O) groups excluding carboxylic acids is 1. The van der Waals surface area contributed by atoms with E-state index in [-0.39, 0.29) is 29.7 Å². The summed E-state index contributed by atoms with van der Waals surface area (Å²) in [6, 6.07) is 8.77. The molecule has 3 rings (SSSR count). The van der Waals surface area contributed by atoms with E-state index in [1.807, 2.05) is 32.0 Å². The predicted molar refractivity (Wildman–Crippen MR) is 120 cm³/mol. The minimum atomic E-state index is -0.530. The first-order chi connectivity index (χ1) is 15.3. The molecule has 32 heavy (non-hydrogen) atoms. The molecule has 1 heterocycles. The second-order valence-corrected chi connectivity index (χ2v) is 8.00. The van der Waals surface area contributed by atoms with Crippen molar-refractivity contribution < 1.29 is 19.2 Å². The second kappa shape index (κ2) is 10.1. The van der Waals surface area contributed by atoms with Crippen LogP contribution in [0.1, 0.15) is 22.5 Å². The predicted octanol–water partition coefficient (Wildman–Crippen LogP) is 3.96. The first-order valence-corrected chi connectivity index (χ1v) is 10.6. The van der Waals surface area contributed by atoms with Gasteiger partial charge >= 0.3 is 5.69 Å². The number of methoxy groups -OCH3 is 1. The average molecular weight is 458 g/mol. The molecule has 10 nitrogen and oxygen atoms in total. The van der Waals surface area contributed by atoms with Crippen molar-refractivity contribution in [1.29, 1.82) is 0 Å². The third-order valence-corrected chi connectivity index (χ3v) is 5.40. The van der Waals surface area contributed by atoms with Gasteiger partial charge in [-0.25, -0.2) is 4.98 Å². The highest BCUT2D eigenvalue weighted by Gasteiger charge is 2.18. The zero-order valence-electron chi connectivity index (χ0n) is 18.1. The maximum absolute atomic E-state index is 12.3. The van der Waals surface area contributed by atoms with Crippen molar-refractivity contribution in [1.82, 2.24) is 15.2 Å². The molecule has 2 N–H and O–H groups in total. The highest BCUT2D eigenvalue weighted by molar-refractivity contribution is 7.99. The number of anilines is 1. The number of benzene rings is 2. The molecule has 168 valence electrons. The zero-order valence-corrected chi connectivity index (χ0v) is 18.9. The molecule has 0 saturated heterocycles. The Bertz CT molecular complexity index is 1150. The van der Waals surface area contributed by atoms with Gasteiger partial charge in [0.15, 0.2) is 11.6 Å². The third-order valence-electron chi connectivity index (χ3n) is 4.55. The van der Waals surface area contributed by atoms with E-state index in [9.17, 15) is 14.9 Å². The Morgan fingerprint density at radius 2 is 1.97 bits per heavy atom. The summed E-state index contributed by atoms with van der Waals surface area (Å²) in [5, 5.41) is 21.1. The van der Waals surface area contributed by atoms with Crippen molar-refractivity contribution >= 4 is 29.0 Å². The Hall–Kier alpha value is -3.60. The monoisotopic (exact) mass is 457 g/mol. The number of nitrogens with one attached hydrogen (secondary N) is 2. The number of amides is 1. The van der Waals surface area contributed by atoms with Gasteiger partial charge in [-0.3, -0.25) is 20.0 Å². The number of nitrogens with zero attached hydrogens (tertiary/aromatic N) is 3. The highest BCUT2D eigenvalue weighted by atomic mass is 32.2. The lowest BCUT2D eigenvalue weighted by atomic mass is 10.1. The number of aryl methyl sites for hydroxylation is 3. The fourth-order valence-electron chi connectivity index (χ4n) is 2.85. The molecule has 1 aromatic heterocycles. The van der Waals surface area contributed by atoms with Gasteiger partial charge in [0.05, 0.1) is 17.8 Å². The van der Waals surface area contributed by atoms with Gasteiger partial charge in [-0.2, -0.15) is 0 Å². The van der Waals surface area contributed by atoms with Crippen LogP contribution in [0.4, 0.5) is 11.4 Å². The summed E-state index contributed by atoms with van der Waals surface area (Å²) in [5.74, 6) is 1.17. The van der Waals surface area contributed by atoms with Crippen LogP contribution in [0.2, 0.25) is 0 Å². The number of thioether (sulfide) groups is 1. The lowest BCUT2D eigenvalue weighted by molar-refractivity contribution is -0.385. The van der Waals surface area contributed by atoms with Crippen molar-refractivity contribution in [2.75, 3.05) is 18.2 Å². The minimum Gasteiger partial charge on any atom is -0.490 e. The van der Waals surface area contributed by atoms with Crippen molar-refractivity contribution in [3.05, 3.63) is 63.0 Å². The van der Waals surface area contributed by atoms with Crippen LogP contribution in [0.5, 0.6) is 11.5 Å². The number of ether oxygens (including phenoxy) is 2. The van der Waals surface area contributed by atoms with Gasteiger partial charge in [0.1, 0.15) is 12.4 Å². The Labute approximate surface area is 188 Å². The number of hydrogen-bond acceptors (Lipinski definition) is 8. The number of aromatic nitrogens is 3. The minimum absolute atomic E-state index is 0.0634. The van der Waals surface area contributed by atoms with Gasteiger partial charge in [-0.1, -0.05) is 23.9 Å². The van der Waals surface area contributed by atoms with E-state index in [0.29, 0.717) is 22.2 Å². The lowest BCUT2D eigenvalue weighted by Gasteiger charge is -2.10. The number of nitro groups is 1. The molecular formula is C21H23N5O5S. The summed E-state index contributed by atoms with van der Waals surface area (Å²) < 4.78 is 10.9. The highest BCUT2D eigenvalue weighted by Crippen LogP contribution is 2.32. The number of rotatable bonds is 9. The van der Waals surface area contributed by atoms with Gasteiger partial charge in [-0.15, -0.1) is 5.10 Å². The molecule has 0 unspecified atom stereocenters. The summed E-state index contributed by atoms with van der Waals surface area (Å²) in [5.41, 5.74) is 2.97. The largest absolute Gasteiger partial charge is 0.490 e. The second-order valence-electron chi connectivity index (χ2n) is 7.06. The fraction of sp³-hybridized carbons (Fsp3) is 0.286. The molecule has 0 aliphatic carbocycles. The molecule has 0 atom stereocenters. The van der Waals surface area contributed by atoms with Gasteiger partial charge in [0.2, 0.25) is 11.1 Å². The molecular weight excluding hydrogens is 434 g/mol. The van der Waals surface area contributed by atoms with E-state index < -0.39 is 4.92 Å². The van der Waals surface area contributed by atoms with Gasteiger partial charge in [0, 0.05) is 17.8 Å². The Kier molecular flexibility index (Phi) is 7.31. The molecule has 0 saturated carbocycles. The van der Waals surface area contributed by atoms with Crippen molar-refractivity contribution in [2.24, 2.45) is 0 Å². The lowest BCUT2D eigenvalue weighted by Crippen LogP contribution is -2.15. The molecule has 0 radical (unpaired) electrons. The maximum atomic E-state index is 12.3. The number of carbonyl (C=O) groups is 1. The number of nitro benzene ring substituents is 1. The normalized spacial score (nSPS) is 10.6. The van der Waals surface area contributed by atoms with E-state index >= 15 is 0 Å². The molecule has 1 amide bonds. The van der Waals surface area contributed by atoms with Crippen LogP contribution < -0.4 is 14.8 Å². The molecule has 2 aromatic carbocycles. The summed E-state index contributed by atoms with van der Waals surface area (Å²) in [4.78, 5) is 27.2. The quantitative estimate of drug-likeness (QED) is 0.280. The molecule has 0 fully saturated rings. The maximum Gasteiger partial charge on any atom is 0.311 e. The van der Waals surface area contributed by atoms with E-state index in [4.69, 9.17) is 9.47 Å². The molecule has 0 aliphatic heterocycles. The molecule has 11 heteroatoms. The summed E-state index contributed by atoms with van der Waals surface area (Å²) in [7, 11) is 1.34. The van der Waals surface area contributed by atoms with E-state index in [1.165, 1.54) is 19.2 Å². The third kappa shape index (κ3) is 5.76. The first kappa shape index (κ1) is 23.1. The Morgan fingerprint density at radius 1 is 1.19 bits per heavy atom. The Balaban J connectivity index is 1.55. The smallest absolute Gasteiger partial charge is 0.311 e. The van der Waals surface area contributed by atoms with Gasteiger partial charge in [0.25, 0.3) is 0 Å². The van der Waals surface area contributed by atoms with Crippen LogP contribution in [0, 0.1) is 30.9 Å². The van der Waals surface area contributed by atoms with Gasteiger partial charge < -0.3 is 14.8 Å². The van der Waals surface area contributed by atoms with Crippen LogP contribution in [0.15, 0.2) is 35.5 Å². The van der Waals surface area contributed by atoms with Crippen molar-refractivity contribution in [3.8, 4) is 11.5 Å². The van der Waals surface area contributed by atoms with Crippen LogP contribution in [0.25, 0.3) is 0 Å². The van der Waals surface area contributed by atoms with Crippen molar-refractivity contribution in [3.63, 3.8) is 0 Å². The fourth-order valence-corrected chi connectivity index (χ4v) is 3.46. The van der Waals surface area contributed by atoms with Crippen LogP contribution in [-0.4, -0.2) is 38.9 Å². The Morgan fingerprint density at radius 3 is 2.69 bits per heavy atom. The molecule has 3 aromatic rings. The van der Waals surface area contributed by atoms with Crippen molar-refractivity contribution in [2.45, 2.75) is 32.5 Å². The van der Waals surface area contributed by atoms with Crippen LogP contribution in [-0.2, 0) is 11.4 Å². The average Bonchev–Trinajstić information content (AvgIpc) is 3.21. The number of aromatic amines is 1. The number of H-pyrrole nitrogens is 1. The standard InChI is InChI=1S/C21H23N5O5S/c1-12-5-6-13(2)17(7-12)31-10-19-23-21(25-24-19)32-11-20(27)22-15-9-18(30-4)16(26(28)29)8-14(15)3/h5-9H,10-11H2,1-4H3,(H,22,27)(H,23,24,25). The molecule has 0 bridgehead atoms.